The zero-order chi connectivity index (χ0) is 31.8. The van der Waals surface area contributed by atoms with Crippen LogP contribution in [0.25, 0.3) is 22.9 Å². The van der Waals surface area contributed by atoms with Crippen molar-refractivity contribution in [3.05, 3.63) is 138 Å². The summed E-state index contributed by atoms with van der Waals surface area (Å²) in [6.07, 6.45) is 1.94. The van der Waals surface area contributed by atoms with E-state index >= 15 is 0 Å². The lowest BCUT2D eigenvalue weighted by molar-refractivity contribution is -0.139. The van der Waals surface area contributed by atoms with Crippen molar-refractivity contribution in [1.82, 2.24) is 9.13 Å². The maximum Gasteiger partial charge on any atom is 0.338 e. The van der Waals surface area contributed by atoms with Crippen molar-refractivity contribution in [3.63, 3.8) is 0 Å². The fourth-order valence-electron chi connectivity index (χ4n) is 5.97. The predicted molar refractivity (Wildman–Crippen MR) is 182 cm³/mol. The third-order valence-electron chi connectivity index (χ3n) is 8.23. The molecule has 0 unspecified atom stereocenters. The van der Waals surface area contributed by atoms with Gasteiger partial charge in [0.25, 0.3) is 5.56 Å². The number of hydrogen-bond acceptors (Lipinski definition) is 6. The summed E-state index contributed by atoms with van der Waals surface area (Å²) in [5.74, 6) is -0.462. The van der Waals surface area contributed by atoms with Gasteiger partial charge in [-0.2, -0.15) is 0 Å². The van der Waals surface area contributed by atoms with Crippen molar-refractivity contribution in [3.8, 4) is 16.8 Å². The molecule has 0 saturated heterocycles. The Bertz CT molecular complexity index is 2100. The molecule has 6 rings (SSSR count). The van der Waals surface area contributed by atoms with Crippen LogP contribution in [0.15, 0.2) is 106 Å². The van der Waals surface area contributed by atoms with E-state index < -0.39 is 12.0 Å². The molecule has 5 aromatic rings. The van der Waals surface area contributed by atoms with Crippen molar-refractivity contribution in [2.24, 2.45) is 4.99 Å². The number of allylic oxidation sites excluding steroid dienone is 1. The largest absolute Gasteiger partial charge is 0.463 e. The number of carbonyl (C=O) groups is 1. The van der Waals surface area contributed by atoms with Gasteiger partial charge in [0.1, 0.15) is 0 Å². The molecule has 0 saturated carbocycles. The van der Waals surface area contributed by atoms with Gasteiger partial charge in [-0.05, 0) is 86.4 Å². The lowest BCUT2D eigenvalue weighted by Gasteiger charge is -2.25. The molecule has 0 N–H and O–H groups in total. The van der Waals surface area contributed by atoms with Gasteiger partial charge >= 0.3 is 5.97 Å². The van der Waals surface area contributed by atoms with E-state index in [1.54, 1.807) is 18.4 Å². The first-order valence-electron chi connectivity index (χ1n) is 15.0. The van der Waals surface area contributed by atoms with Crippen LogP contribution in [0.5, 0.6) is 0 Å². The van der Waals surface area contributed by atoms with Crippen LogP contribution in [-0.4, -0.2) is 35.8 Å². The minimum atomic E-state index is -0.644. The van der Waals surface area contributed by atoms with Crippen LogP contribution in [0.1, 0.15) is 42.4 Å². The number of anilines is 1. The molecular weight excluding hydrogens is 580 g/mol. The highest BCUT2D eigenvalue weighted by molar-refractivity contribution is 7.07. The zero-order valence-electron chi connectivity index (χ0n) is 26.4. The second-order valence-corrected chi connectivity index (χ2v) is 12.4. The molecule has 1 aliphatic rings. The van der Waals surface area contributed by atoms with Gasteiger partial charge in [0.15, 0.2) is 4.80 Å². The first-order chi connectivity index (χ1) is 21.7. The molecule has 3 aromatic carbocycles. The van der Waals surface area contributed by atoms with Crippen LogP contribution in [-0.2, 0) is 9.53 Å². The summed E-state index contributed by atoms with van der Waals surface area (Å²) in [4.78, 5) is 34.7. The Kier molecular flexibility index (Phi) is 8.16. The van der Waals surface area contributed by atoms with Crippen LogP contribution in [0, 0.1) is 13.8 Å². The first-order valence-corrected chi connectivity index (χ1v) is 15.8. The Morgan fingerprint density at radius 3 is 2.27 bits per heavy atom. The molecule has 1 aliphatic heterocycles. The van der Waals surface area contributed by atoms with Gasteiger partial charge in [-0.3, -0.25) is 9.36 Å². The molecule has 0 bridgehead atoms. The van der Waals surface area contributed by atoms with Gasteiger partial charge in [-0.25, -0.2) is 9.79 Å². The summed E-state index contributed by atoms with van der Waals surface area (Å²) in [6.45, 7) is 7.96. The number of thiazole rings is 1. The average molecular weight is 617 g/mol. The van der Waals surface area contributed by atoms with Crippen molar-refractivity contribution in [1.29, 1.82) is 0 Å². The van der Waals surface area contributed by atoms with Crippen molar-refractivity contribution < 1.29 is 9.53 Å². The SMILES string of the molecule is CCOC(=O)C1=C(C)N=c2s/c(=C\c3cc(C)n(-c4ccc(-c5ccccc5)cc4)c3C)c(=O)n2[C@H]1c1ccc(N(C)C)cc1. The van der Waals surface area contributed by atoms with Crippen LogP contribution in [0.3, 0.4) is 0 Å². The molecule has 0 spiro atoms. The third kappa shape index (κ3) is 5.58. The summed E-state index contributed by atoms with van der Waals surface area (Å²) >= 11 is 1.34. The number of carbonyl (C=O) groups excluding carboxylic acids is 1. The summed E-state index contributed by atoms with van der Waals surface area (Å²) in [7, 11) is 3.95. The second kappa shape index (κ2) is 12.2. The number of fused-ring (bicyclic) bond motifs is 1. The molecule has 0 aliphatic carbocycles. The fourth-order valence-corrected chi connectivity index (χ4v) is 7.01. The smallest absolute Gasteiger partial charge is 0.338 e. The average Bonchev–Trinajstić information content (AvgIpc) is 3.50. The van der Waals surface area contributed by atoms with Crippen LogP contribution < -0.4 is 19.8 Å². The topological polar surface area (TPSA) is 68.8 Å². The summed E-state index contributed by atoms with van der Waals surface area (Å²) in [6, 6.07) is 28.2. The van der Waals surface area contributed by atoms with Gasteiger partial charge in [0.05, 0.1) is 28.5 Å². The quantitative estimate of drug-likeness (QED) is 0.212. The lowest BCUT2D eigenvalue weighted by atomic mass is 9.95. The summed E-state index contributed by atoms with van der Waals surface area (Å²) in [5.41, 5.74) is 9.04. The van der Waals surface area contributed by atoms with Gasteiger partial charge < -0.3 is 14.2 Å². The number of aryl methyl sites for hydroxylation is 1. The maximum atomic E-state index is 14.1. The number of benzene rings is 3. The number of esters is 1. The van der Waals surface area contributed by atoms with E-state index in [1.165, 1.54) is 16.9 Å². The summed E-state index contributed by atoms with van der Waals surface area (Å²) < 4.78 is 9.84. The molecule has 7 nitrogen and oxygen atoms in total. The van der Waals surface area contributed by atoms with Gasteiger partial charge in [-0.15, -0.1) is 0 Å². The molecule has 0 amide bonds. The monoisotopic (exact) mass is 616 g/mol. The zero-order valence-corrected chi connectivity index (χ0v) is 27.2. The standard InChI is InChI=1S/C37H36N4O3S/c1-7-44-36(43)33-24(3)38-37-41(34(33)28-15-17-30(18-16-28)39(5)6)35(42)32(45-37)22-29-21-23(2)40(25(29)4)31-19-13-27(14-20-31)26-11-9-8-10-12-26/h8-22,34H,7H2,1-6H3/b32-22-/t34-/m0/s1. The summed E-state index contributed by atoms with van der Waals surface area (Å²) in [5, 5.41) is 0. The molecule has 1 atom stereocenters. The maximum absolute atomic E-state index is 14.1. The number of hydrogen-bond donors (Lipinski definition) is 0. The normalized spacial score (nSPS) is 14.7. The van der Waals surface area contributed by atoms with Gasteiger partial charge in [0.2, 0.25) is 0 Å². The molecule has 2 aromatic heterocycles. The third-order valence-corrected chi connectivity index (χ3v) is 9.21. The Labute approximate surface area is 266 Å². The van der Waals surface area contributed by atoms with E-state index in [4.69, 9.17) is 9.73 Å². The van der Waals surface area contributed by atoms with Gasteiger partial charge in [0, 0.05) is 36.9 Å². The van der Waals surface area contributed by atoms with Crippen LogP contribution in [0.2, 0.25) is 0 Å². The lowest BCUT2D eigenvalue weighted by Crippen LogP contribution is -2.40. The fraction of sp³-hybridized carbons (Fsp3) is 0.216. The highest BCUT2D eigenvalue weighted by Crippen LogP contribution is 2.32. The van der Waals surface area contributed by atoms with E-state index in [9.17, 15) is 9.59 Å². The molecular formula is C37H36N4O3S. The Morgan fingerprint density at radius 2 is 1.62 bits per heavy atom. The Hall–Kier alpha value is -4.95. The molecule has 0 radical (unpaired) electrons. The van der Waals surface area contributed by atoms with Crippen LogP contribution in [0.4, 0.5) is 5.69 Å². The first kappa shape index (κ1) is 30.1. The predicted octanol–water partition coefficient (Wildman–Crippen LogP) is 5.94. The minimum absolute atomic E-state index is 0.188. The number of ether oxygens (including phenoxy) is 1. The minimum Gasteiger partial charge on any atom is -0.463 e. The van der Waals surface area contributed by atoms with E-state index in [0.29, 0.717) is 20.6 Å². The number of rotatable bonds is 7. The Morgan fingerprint density at radius 1 is 0.956 bits per heavy atom. The van der Waals surface area contributed by atoms with Crippen molar-refractivity contribution in [2.75, 3.05) is 25.6 Å². The van der Waals surface area contributed by atoms with Crippen molar-refractivity contribution in [2.45, 2.75) is 33.7 Å². The molecule has 0 fully saturated rings. The second-order valence-electron chi connectivity index (χ2n) is 11.4. The van der Waals surface area contributed by atoms with E-state index in [0.717, 1.165) is 39.5 Å². The van der Waals surface area contributed by atoms with E-state index in [-0.39, 0.29) is 12.2 Å². The highest BCUT2D eigenvalue weighted by atomic mass is 32.1. The van der Waals surface area contributed by atoms with Crippen LogP contribution >= 0.6 is 11.3 Å². The highest BCUT2D eigenvalue weighted by Gasteiger charge is 2.33. The number of aromatic nitrogens is 2. The Balaban J connectivity index is 1.44. The molecule has 228 valence electrons. The number of nitrogens with zero attached hydrogens (tertiary/aromatic N) is 4. The van der Waals surface area contributed by atoms with Gasteiger partial charge in [-0.1, -0.05) is 65.9 Å². The molecule has 3 heterocycles. The van der Waals surface area contributed by atoms with Crippen molar-refractivity contribution >= 4 is 29.1 Å². The molecule has 45 heavy (non-hydrogen) atoms. The molecule has 8 heteroatoms. The van der Waals surface area contributed by atoms with E-state index in [1.807, 2.05) is 67.5 Å². The van der Waals surface area contributed by atoms with E-state index in [2.05, 4.69) is 60.9 Å².